The second kappa shape index (κ2) is 14.7. The number of nitrogens with one attached hydrogen (secondary N) is 1. The van der Waals surface area contributed by atoms with Crippen molar-refractivity contribution in [2.75, 3.05) is 23.3 Å². The molecule has 0 bridgehead atoms. The summed E-state index contributed by atoms with van der Waals surface area (Å²) in [6.45, 7) is 5.86. The van der Waals surface area contributed by atoms with E-state index in [9.17, 15) is 18.0 Å². The van der Waals surface area contributed by atoms with Gasteiger partial charge in [0.2, 0.25) is 0 Å². The van der Waals surface area contributed by atoms with E-state index in [1.807, 2.05) is 109 Å². The molecular formula is C44H37F3N2O3. The van der Waals surface area contributed by atoms with Gasteiger partial charge in [-0.15, -0.1) is 0 Å². The van der Waals surface area contributed by atoms with Crippen molar-refractivity contribution in [1.29, 1.82) is 0 Å². The Labute approximate surface area is 301 Å². The molecule has 6 aromatic rings. The van der Waals surface area contributed by atoms with Crippen LogP contribution in [0.2, 0.25) is 0 Å². The van der Waals surface area contributed by atoms with Crippen molar-refractivity contribution in [2.45, 2.75) is 32.0 Å². The maximum absolute atomic E-state index is 14.4. The molecule has 0 fully saturated rings. The van der Waals surface area contributed by atoms with Gasteiger partial charge in [-0.3, -0.25) is 0 Å². The molecule has 0 saturated carbocycles. The molecule has 1 aliphatic heterocycles. The highest BCUT2D eigenvalue weighted by molar-refractivity contribution is 5.92. The van der Waals surface area contributed by atoms with Crippen LogP contribution in [0.4, 0.5) is 30.2 Å². The van der Waals surface area contributed by atoms with Gasteiger partial charge in [0.05, 0.1) is 11.1 Å². The molecule has 262 valence electrons. The molecule has 0 aliphatic carbocycles. The molecule has 5 nitrogen and oxygen atoms in total. The standard InChI is InChI=1S/C44H37F3N2O3/c1-3-49(4-2)34-24-25-37-40(28-34)51-39-26-23-33(48-32-21-19-31(20-22-32)44(45,46)47)27-38(39)41(37)35-17-11-12-18-36(35)43(50)52-42(29-13-7-5-8-14-29)30-15-9-6-10-16-30/h5-28,41-42,48H,3-4H2,1-2H3. The number of nitrogens with zero attached hydrogens (tertiary/aromatic N) is 1. The molecule has 8 heteroatoms. The van der Waals surface area contributed by atoms with Gasteiger partial charge in [0.25, 0.3) is 0 Å². The summed E-state index contributed by atoms with van der Waals surface area (Å²) in [6.07, 6.45) is -5.06. The predicted molar refractivity (Wildman–Crippen MR) is 199 cm³/mol. The second-order valence-electron chi connectivity index (χ2n) is 12.6. The molecule has 1 atom stereocenters. The van der Waals surface area contributed by atoms with Gasteiger partial charge in [0.15, 0.2) is 6.10 Å². The van der Waals surface area contributed by atoms with E-state index in [-0.39, 0.29) is 0 Å². The number of alkyl halides is 3. The van der Waals surface area contributed by atoms with Crippen molar-refractivity contribution in [3.8, 4) is 11.5 Å². The molecule has 0 amide bonds. The third-order valence-corrected chi connectivity index (χ3v) is 9.40. The van der Waals surface area contributed by atoms with E-state index < -0.39 is 29.7 Å². The molecule has 1 unspecified atom stereocenters. The van der Waals surface area contributed by atoms with Crippen LogP contribution in [0.25, 0.3) is 0 Å². The molecule has 0 aromatic heterocycles. The number of rotatable bonds is 10. The molecular weight excluding hydrogens is 661 g/mol. The highest BCUT2D eigenvalue weighted by Gasteiger charge is 2.34. The Hall–Kier alpha value is -6.02. The quantitative estimate of drug-likeness (QED) is 0.144. The van der Waals surface area contributed by atoms with E-state index in [0.717, 1.165) is 58.7 Å². The summed E-state index contributed by atoms with van der Waals surface area (Å²) in [4.78, 5) is 16.6. The van der Waals surface area contributed by atoms with Crippen molar-refractivity contribution < 1.29 is 27.4 Å². The molecule has 0 radical (unpaired) electrons. The third-order valence-electron chi connectivity index (χ3n) is 9.40. The number of hydrogen-bond donors (Lipinski definition) is 1. The van der Waals surface area contributed by atoms with Crippen LogP contribution in [0.5, 0.6) is 11.5 Å². The predicted octanol–water partition coefficient (Wildman–Crippen LogP) is 11.5. The summed E-state index contributed by atoms with van der Waals surface area (Å²) in [5.41, 5.74) is 5.98. The lowest BCUT2D eigenvalue weighted by Crippen LogP contribution is -2.22. The fraction of sp³-hybridized carbons (Fsp3) is 0.159. The fourth-order valence-electron chi connectivity index (χ4n) is 6.80. The van der Waals surface area contributed by atoms with Gasteiger partial charge in [-0.2, -0.15) is 13.2 Å². The van der Waals surface area contributed by atoms with E-state index in [2.05, 4.69) is 30.1 Å². The Balaban J connectivity index is 1.31. The smallest absolute Gasteiger partial charge is 0.416 e. The summed E-state index contributed by atoms with van der Waals surface area (Å²) in [5.74, 6) is 0.387. The zero-order chi connectivity index (χ0) is 36.2. The minimum Gasteiger partial charge on any atom is -0.457 e. The molecule has 1 heterocycles. The normalized spacial score (nSPS) is 13.5. The van der Waals surface area contributed by atoms with Gasteiger partial charge in [-0.05, 0) is 85.1 Å². The Kier molecular flexibility index (Phi) is 9.72. The lowest BCUT2D eigenvalue weighted by atomic mass is 9.80. The average Bonchev–Trinajstić information content (AvgIpc) is 3.17. The number of benzene rings is 6. The Morgan fingerprint density at radius 2 is 1.31 bits per heavy atom. The number of halogens is 3. The fourth-order valence-corrected chi connectivity index (χ4v) is 6.80. The number of fused-ring (bicyclic) bond motifs is 2. The number of carbonyl (C=O) groups excluding carboxylic acids is 1. The van der Waals surface area contributed by atoms with Crippen molar-refractivity contribution in [2.24, 2.45) is 0 Å². The number of carbonyl (C=O) groups is 1. The Morgan fingerprint density at radius 3 is 1.94 bits per heavy atom. The summed E-state index contributed by atoms with van der Waals surface area (Å²) in [7, 11) is 0. The number of anilines is 3. The molecule has 0 spiro atoms. The number of esters is 1. The lowest BCUT2D eigenvalue weighted by molar-refractivity contribution is -0.137. The molecule has 1 aliphatic rings. The maximum Gasteiger partial charge on any atom is 0.416 e. The van der Waals surface area contributed by atoms with E-state index in [0.29, 0.717) is 28.4 Å². The van der Waals surface area contributed by atoms with Gasteiger partial charge in [0, 0.05) is 53.3 Å². The first-order valence-corrected chi connectivity index (χ1v) is 17.3. The van der Waals surface area contributed by atoms with Crippen LogP contribution in [0.3, 0.4) is 0 Å². The molecule has 6 aromatic carbocycles. The van der Waals surface area contributed by atoms with Crippen molar-refractivity contribution in [3.63, 3.8) is 0 Å². The van der Waals surface area contributed by atoms with Gasteiger partial charge >= 0.3 is 12.1 Å². The zero-order valence-corrected chi connectivity index (χ0v) is 28.7. The first-order chi connectivity index (χ1) is 25.2. The first-order valence-electron chi connectivity index (χ1n) is 17.3. The number of hydrogen-bond acceptors (Lipinski definition) is 5. The number of ether oxygens (including phenoxy) is 2. The van der Waals surface area contributed by atoms with Crippen LogP contribution in [-0.4, -0.2) is 19.1 Å². The first kappa shape index (κ1) is 34.4. The van der Waals surface area contributed by atoms with E-state index in [1.165, 1.54) is 12.1 Å². The van der Waals surface area contributed by atoms with Crippen molar-refractivity contribution in [1.82, 2.24) is 0 Å². The topological polar surface area (TPSA) is 50.8 Å². The van der Waals surface area contributed by atoms with Crippen LogP contribution in [0, 0.1) is 0 Å². The lowest BCUT2D eigenvalue weighted by Gasteiger charge is -2.32. The van der Waals surface area contributed by atoms with Gasteiger partial charge in [-0.1, -0.05) is 84.9 Å². The van der Waals surface area contributed by atoms with Crippen LogP contribution in [0.1, 0.15) is 69.6 Å². The zero-order valence-electron chi connectivity index (χ0n) is 28.7. The van der Waals surface area contributed by atoms with Crippen LogP contribution in [-0.2, 0) is 10.9 Å². The van der Waals surface area contributed by atoms with Crippen molar-refractivity contribution >= 4 is 23.0 Å². The van der Waals surface area contributed by atoms with E-state index in [1.54, 1.807) is 6.07 Å². The van der Waals surface area contributed by atoms with Crippen LogP contribution >= 0.6 is 0 Å². The molecule has 52 heavy (non-hydrogen) atoms. The second-order valence-corrected chi connectivity index (χ2v) is 12.6. The minimum absolute atomic E-state index is 0.414. The Bertz CT molecular complexity index is 2130. The Morgan fingerprint density at radius 1 is 0.692 bits per heavy atom. The summed E-state index contributed by atoms with van der Waals surface area (Å²) < 4.78 is 52.6. The van der Waals surface area contributed by atoms with Gasteiger partial charge in [-0.25, -0.2) is 4.79 Å². The largest absolute Gasteiger partial charge is 0.457 e. The average molecular weight is 699 g/mol. The van der Waals surface area contributed by atoms with Crippen LogP contribution < -0.4 is 15.0 Å². The monoisotopic (exact) mass is 698 g/mol. The van der Waals surface area contributed by atoms with E-state index >= 15 is 0 Å². The third kappa shape index (κ3) is 7.10. The molecule has 1 N–H and O–H groups in total. The van der Waals surface area contributed by atoms with E-state index in [4.69, 9.17) is 9.47 Å². The van der Waals surface area contributed by atoms with Gasteiger partial charge in [0.1, 0.15) is 11.5 Å². The minimum atomic E-state index is -4.43. The summed E-state index contributed by atoms with van der Waals surface area (Å²) in [6, 6.07) is 43.5. The molecule has 0 saturated heterocycles. The summed E-state index contributed by atoms with van der Waals surface area (Å²) in [5, 5.41) is 3.25. The highest BCUT2D eigenvalue weighted by atomic mass is 19.4. The summed E-state index contributed by atoms with van der Waals surface area (Å²) >= 11 is 0. The highest BCUT2D eigenvalue weighted by Crippen LogP contribution is 2.50. The molecule has 7 rings (SSSR count). The van der Waals surface area contributed by atoms with Crippen molar-refractivity contribution in [3.05, 3.63) is 185 Å². The SMILES string of the molecule is CCN(CC)c1ccc2c(c1)Oc1ccc(Nc3ccc(C(F)(F)F)cc3)cc1C2c1ccccc1C(=O)OC(c1ccccc1)c1ccccc1. The van der Waals surface area contributed by atoms with Crippen LogP contribution in [0.15, 0.2) is 146 Å². The maximum atomic E-state index is 14.4. The van der Waals surface area contributed by atoms with Gasteiger partial charge < -0.3 is 19.7 Å².